The van der Waals surface area contributed by atoms with Gasteiger partial charge >= 0.3 is 0 Å². The highest BCUT2D eigenvalue weighted by Crippen LogP contribution is 2.33. The fourth-order valence-corrected chi connectivity index (χ4v) is 3.31. The molecule has 2 aromatic carbocycles. The van der Waals surface area contributed by atoms with Crippen molar-refractivity contribution < 1.29 is 22.5 Å². The summed E-state index contributed by atoms with van der Waals surface area (Å²) in [5.74, 6) is -2.52. The third kappa shape index (κ3) is 3.34. The maximum atomic E-state index is 13.4. The average molecular weight is 438 g/mol. The lowest BCUT2D eigenvalue weighted by Crippen LogP contribution is -2.24. The SMILES string of the molecule is O=C1CC(c2nc(-c3ccc(F)c(Br)c3)no2)CN1c1ccc(F)c(F)c1. The summed E-state index contributed by atoms with van der Waals surface area (Å²) in [6.07, 6.45) is 0.105. The van der Waals surface area contributed by atoms with Gasteiger partial charge in [0.2, 0.25) is 17.6 Å². The van der Waals surface area contributed by atoms with E-state index in [-0.39, 0.29) is 46.7 Å². The number of rotatable bonds is 3. The molecule has 2 heterocycles. The molecule has 1 aliphatic rings. The molecule has 1 fully saturated rings. The topological polar surface area (TPSA) is 59.2 Å². The second kappa shape index (κ2) is 6.80. The van der Waals surface area contributed by atoms with Gasteiger partial charge in [0.15, 0.2) is 11.6 Å². The highest BCUT2D eigenvalue weighted by Gasteiger charge is 2.35. The predicted molar refractivity (Wildman–Crippen MR) is 93.5 cm³/mol. The van der Waals surface area contributed by atoms with E-state index in [2.05, 4.69) is 26.1 Å². The molecule has 1 saturated heterocycles. The Labute approximate surface area is 159 Å². The van der Waals surface area contributed by atoms with Crippen molar-refractivity contribution in [1.29, 1.82) is 0 Å². The smallest absolute Gasteiger partial charge is 0.232 e. The molecule has 1 atom stereocenters. The quantitative estimate of drug-likeness (QED) is 0.607. The Kier molecular flexibility index (Phi) is 4.47. The molecule has 0 bridgehead atoms. The Hall–Kier alpha value is -2.68. The van der Waals surface area contributed by atoms with Crippen molar-refractivity contribution in [2.24, 2.45) is 0 Å². The monoisotopic (exact) mass is 437 g/mol. The molecule has 1 aliphatic heterocycles. The number of nitrogens with zero attached hydrogens (tertiary/aromatic N) is 3. The van der Waals surface area contributed by atoms with Crippen molar-refractivity contribution in [2.75, 3.05) is 11.4 Å². The van der Waals surface area contributed by atoms with E-state index < -0.39 is 17.5 Å². The van der Waals surface area contributed by atoms with Gasteiger partial charge in [-0.25, -0.2) is 13.2 Å². The van der Waals surface area contributed by atoms with Gasteiger partial charge in [-0.05, 0) is 46.3 Å². The Bertz CT molecular complexity index is 1040. The van der Waals surface area contributed by atoms with Crippen molar-refractivity contribution in [3.8, 4) is 11.4 Å². The van der Waals surface area contributed by atoms with Crippen LogP contribution in [0.15, 0.2) is 45.4 Å². The zero-order valence-electron chi connectivity index (χ0n) is 13.6. The lowest BCUT2D eigenvalue weighted by Gasteiger charge is -2.16. The summed E-state index contributed by atoms with van der Waals surface area (Å²) in [6, 6.07) is 7.61. The Morgan fingerprint density at radius 2 is 1.85 bits per heavy atom. The zero-order valence-corrected chi connectivity index (χ0v) is 15.2. The second-order valence-corrected chi connectivity index (χ2v) is 6.94. The van der Waals surface area contributed by atoms with Gasteiger partial charge in [0, 0.05) is 30.3 Å². The van der Waals surface area contributed by atoms with Crippen LogP contribution < -0.4 is 4.90 Å². The van der Waals surface area contributed by atoms with Crippen LogP contribution in [0, 0.1) is 17.5 Å². The maximum absolute atomic E-state index is 13.4. The summed E-state index contributed by atoms with van der Waals surface area (Å²) in [5, 5.41) is 3.88. The number of amides is 1. The molecule has 3 aromatic rings. The van der Waals surface area contributed by atoms with Crippen molar-refractivity contribution in [3.05, 3.63) is 64.2 Å². The van der Waals surface area contributed by atoms with Gasteiger partial charge in [0.05, 0.1) is 10.4 Å². The molecule has 0 aliphatic carbocycles. The highest BCUT2D eigenvalue weighted by molar-refractivity contribution is 9.10. The fourth-order valence-electron chi connectivity index (χ4n) is 2.93. The molecule has 0 spiro atoms. The highest BCUT2D eigenvalue weighted by atomic mass is 79.9. The number of anilines is 1. The fraction of sp³-hybridized carbons (Fsp3) is 0.167. The number of carbonyl (C=O) groups is 1. The lowest BCUT2D eigenvalue weighted by atomic mass is 10.1. The normalized spacial score (nSPS) is 17.0. The summed E-state index contributed by atoms with van der Waals surface area (Å²) in [6.45, 7) is 0.207. The van der Waals surface area contributed by atoms with Crippen LogP contribution in [0.5, 0.6) is 0 Å². The number of halogens is 4. The number of benzene rings is 2. The van der Waals surface area contributed by atoms with E-state index in [4.69, 9.17) is 4.52 Å². The second-order valence-electron chi connectivity index (χ2n) is 6.09. The standard InChI is InChI=1S/C18H11BrF3N3O2/c19-12-5-9(1-3-13(12)20)17-23-18(27-24-17)10-6-16(26)25(8-10)11-2-4-14(21)15(22)7-11/h1-5,7,10H,6,8H2. The molecule has 1 amide bonds. The summed E-state index contributed by atoms with van der Waals surface area (Å²) in [5.41, 5.74) is 0.823. The van der Waals surface area contributed by atoms with Gasteiger partial charge < -0.3 is 9.42 Å². The molecular weight excluding hydrogens is 427 g/mol. The van der Waals surface area contributed by atoms with Crippen LogP contribution in [-0.4, -0.2) is 22.6 Å². The minimum Gasteiger partial charge on any atom is -0.339 e. The molecule has 0 saturated carbocycles. The Balaban J connectivity index is 1.56. The minimum absolute atomic E-state index is 0.105. The van der Waals surface area contributed by atoms with Gasteiger partial charge in [-0.1, -0.05) is 5.16 Å². The number of hydrogen-bond acceptors (Lipinski definition) is 4. The third-order valence-corrected chi connectivity index (χ3v) is 4.92. The van der Waals surface area contributed by atoms with Crippen molar-refractivity contribution in [2.45, 2.75) is 12.3 Å². The van der Waals surface area contributed by atoms with Crippen molar-refractivity contribution in [3.63, 3.8) is 0 Å². The zero-order chi connectivity index (χ0) is 19.1. The first-order valence-corrected chi connectivity index (χ1v) is 8.76. The minimum atomic E-state index is -1.02. The molecule has 1 aromatic heterocycles. The number of hydrogen-bond donors (Lipinski definition) is 0. The van der Waals surface area contributed by atoms with Crippen LogP contribution in [-0.2, 0) is 4.79 Å². The van der Waals surface area contributed by atoms with Crippen molar-refractivity contribution in [1.82, 2.24) is 10.1 Å². The summed E-state index contributed by atoms with van der Waals surface area (Å²) in [7, 11) is 0. The van der Waals surface area contributed by atoms with Gasteiger partial charge in [0.1, 0.15) is 5.82 Å². The van der Waals surface area contributed by atoms with Crippen LogP contribution in [0.2, 0.25) is 0 Å². The van der Waals surface area contributed by atoms with Crippen LogP contribution in [0.25, 0.3) is 11.4 Å². The molecule has 9 heteroatoms. The van der Waals surface area contributed by atoms with E-state index in [9.17, 15) is 18.0 Å². The summed E-state index contributed by atoms with van der Waals surface area (Å²) in [4.78, 5) is 17.9. The molecule has 5 nitrogen and oxygen atoms in total. The summed E-state index contributed by atoms with van der Waals surface area (Å²) >= 11 is 3.10. The Morgan fingerprint density at radius 3 is 2.59 bits per heavy atom. The molecular formula is C18H11BrF3N3O2. The van der Waals surface area contributed by atoms with E-state index in [1.807, 2.05) is 0 Å². The largest absolute Gasteiger partial charge is 0.339 e. The first kappa shape index (κ1) is 17.7. The summed E-state index contributed by atoms with van der Waals surface area (Å²) < 4.78 is 45.4. The van der Waals surface area contributed by atoms with Gasteiger partial charge in [-0.3, -0.25) is 4.79 Å². The lowest BCUT2D eigenvalue weighted by molar-refractivity contribution is -0.117. The van der Waals surface area contributed by atoms with E-state index >= 15 is 0 Å². The van der Waals surface area contributed by atoms with Crippen LogP contribution >= 0.6 is 15.9 Å². The van der Waals surface area contributed by atoms with E-state index in [0.29, 0.717) is 5.56 Å². The van der Waals surface area contributed by atoms with E-state index in [0.717, 1.165) is 12.1 Å². The molecule has 4 rings (SSSR count). The molecule has 0 radical (unpaired) electrons. The van der Waals surface area contributed by atoms with Crippen LogP contribution in [0.1, 0.15) is 18.2 Å². The molecule has 0 N–H and O–H groups in total. The predicted octanol–water partition coefficient (Wildman–Crippen LogP) is 4.44. The number of carbonyl (C=O) groups excluding carboxylic acids is 1. The maximum Gasteiger partial charge on any atom is 0.232 e. The molecule has 1 unspecified atom stereocenters. The van der Waals surface area contributed by atoms with Crippen molar-refractivity contribution >= 4 is 27.5 Å². The van der Waals surface area contributed by atoms with Gasteiger partial charge in [-0.15, -0.1) is 0 Å². The first-order chi connectivity index (χ1) is 12.9. The molecule has 138 valence electrons. The number of aromatic nitrogens is 2. The van der Waals surface area contributed by atoms with E-state index in [1.165, 1.54) is 29.2 Å². The van der Waals surface area contributed by atoms with Gasteiger partial charge in [-0.2, -0.15) is 4.98 Å². The van der Waals surface area contributed by atoms with E-state index in [1.54, 1.807) is 0 Å². The van der Waals surface area contributed by atoms with Crippen LogP contribution in [0.3, 0.4) is 0 Å². The third-order valence-electron chi connectivity index (χ3n) is 4.31. The van der Waals surface area contributed by atoms with Gasteiger partial charge in [0.25, 0.3) is 0 Å². The van der Waals surface area contributed by atoms with Crippen LogP contribution in [0.4, 0.5) is 18.9 Å². The molecule has 27 heavy (non-hydrogen) atoms. The average Bonchev–Trinajstić information content (AvgIpc) is 3.27. The Morgan fingerprint density at radius 1 is 1.07 bits per heavy atom. The first-order valence-electron chi connectivity index (χ1n) is 7.97.